The van der Waals surface area contributed by atoms with Crippen molar-refractivity contribution in [1.29, 1.82) is 0 Å². The van der Waals surface area contributed by atoms with Gasteiger partial charge in [-0.3, -0.25) is 9.78 Å². The van der Waals surface area contributed by atoms with Crippen LogP contribution in [0.4, 0.5) is 11.6 Å². The van der Waals surface area contributed by atoms with Crippen LogP contribution < -0.4 is 16.6 Å². The van der Waals surface area contributed by atoms with Crippen molar-refractivity contribution in [2.45, 2.75) is 6.92 Å². The van der Waals surface area contributed by atoms with E-state index >= 15 is 0 Å². The Bertz CT molecular complexity index is 626. The zero-order valence-electron chi connectivity index (χ0n) is 11.1. The maximum absolute atomic E-state index is 11.9. The van der Waals surface area contributed by atoms with Gasteiger partial charge < -0.3 is 11.1 Å². The number of nitrogen functional groups attached to an aromatic ring is 1. The van der Waals surface area contributed by atoms with Crippen molar-refractivity contribution in [1.82, 2.24) is 9.97 Å². The number of benzene rings is 1. The molecule has 102 valence electrons. The molecule has 1 aromatic carbocycles. The summed E-state index contributed by atoms with van der Waals surface area (Å²) in [5, 5.41) is 3.68. The minimum Gasteiger partial charge on any atom is -0.399 e. The molecule has 6 heteroatoms. The summed E-state index contributed by atoms with van der Waals surface area (Å²) in [6.07, 6.45) is 2.08. The molecule has 2 rings (SSSR count). The molecule has 0 radical (unpaired) electrons. The number of rotatable bonds is 5. The fraction of sp³-hybridized carbons (Fsp3) is 0.385. The molecule has 0 saturated carbocycles. The van der Waals surface area contributed by atoms with Gasteiger partial charge in [0, 0.05) is 12.2 Å². The Morgan fingerprint density at radius 2 is 2.32 bits per heavy atom. The van der Waals surface area contributed by atoms with Crippen molar-refractivity contribution in [3.63, 3.8) is 0 Å². The Kier molecular flexibility index (Phi) is 4.31. The van der Waals surface area contributed by atoms with Gasteiger partial charge in [-0.1, -0.05) is 6.92 Å². The third kappa shape index (κ3) is 3.41. The summed E-state index contributed by atoms with van der Waals surface area (Å²) in [5.74, 6) is 2.10. The fourth-order valence-electron chi connectivity index (χ4n) is 1.85. The van der Waals surface area contributed by atoms with Crippen LogP contribution in [0.15, 0.2) is 23.0 Å². The molecule has 0 saturated heterocycles. The van der Waals surface area contributed by atoms with Gasteiger partial charge in [0.15, 0.2) is 0 Å². The Balaban J connectivity index is 2.21. The first kappa shape index (κ1) is 13.7. The van der Waals surface area contributed by atoms with E-state index in [9.17, 15) is 4.79 Å². The van der Waals surface area contributed by atoms with Crippen molar-refractivity contribution in [2.75, 3.05) is 29.6 Å². The molecule has 4 N–H and O–H groups in total. The summed E-state index contributed by atoms with van der Waals surface area (Å²) in [5.41, 5.74) is 6.71. The minimum absolute atomic E-state index is 0.169. The standard InChI is InChI=1S/C13H18N4OS/c1-8(7-19-2)6-15-13-16-11-4-3-9(14)5-10(11)12(18)17-13/h3-5,8H,6-7,14H2,1-2H3,(H2,15,16,17,18). The zero-order chi connectivity index (χ0) is 13.8. The number of nitrogens with two attached hydrogens (primary N) is 1. The van der Waals surface area contributed by atoms with Gasteiger partial charge in [-0.15, -0.1) is 0 Å². The summed E-state index contributed by atoms with van der Waals surface area (Å²) in [7, 11) is 0. The summed E-state index contributed by atoms with van der Waals surface area (Å²) >= 11 is 1.81. The molecule has 5 nitrogen and oxygen atoms in total. The third-order valence-electron chi connectivity index (χ3n) is 2.80. The number of hydrogen-bond acceptors (Lipinski definition) is 5. The van der Waals surface area contributed by atoms with Gasteiger partial charge in [-0.2, -0.15) is 11.8 Å². The van der Waals surface area contributed by atoms with Crippen LogP contribution in [0.2, 0.25) is 0 Å². The maximum Gasteiger partial charge on any atom is 0.260 e. The van der Waals surface area contributed by atoms with Crippen LogP contribution in [0.3, 0.4) is 0 Å². The summed E-state index contributed by atoms with van der Waals surface area (Å²) in [6, 6.07) is 5.15. The molecule has 2 aromatic rings. The molecule has 0 fully saturated rings. The molecule has 0 aliphatic rings. The van der Waals surface area contributed by atoms with E-state index in [0.717, 1.165) is 12.3 Å². The SMILES string of the molecule is CSCC(C)CNc1nc2ccc(N)cc2c(=O)[nH]1. The van der Waals surface area contributed by atoms with Gasteiger partial charge in [0.25, 0.3) is 5.56 Å². The van der Waals surface area contributed by atoms with Crippen LogP contribution in [0.5, 0.6) is 0 Å². The predicted molar refractivity (Wildman–Crippen MR) is 82.8 cm³/mol. The van der Waals surface area contributed by atoms with E-state index in [1.807, 2.05) is 0 Å². The van der Waals surface area contributed by atoms with Crippen LogP contribution in [0.1, 0.15) is 6.92 Å². The van der Waals surface area contributed by atoms with Crippen molar-refractivity contribution >= 4 is 34.3 Å². The topological polar surface area (TPSA) is 83.8 Å². The van der Waals surface area contributed by atoms with Crippen LogP contribution in [-0.2, 0) is 0 Å². The summed E-state index contributed by atoms with van der Waals surface area (Å²) in [4.78, 5) is 19.0. The van der Waals surface area contributed by atoms with Crippen molar-refractivity contribution in [2.24, 2.45) is 5.92 Å². The van der Waals surface area contributed by atoms with Gasteiger partial charge in [0.05, 0.1) is 10.9 Å². The number of aromatic amines is 1. The van der Waals surface area contributed by atoms with Gasteiger partial charge in [-0.05, 0) is 36.1 Å². The first-order valence-electron chi connectivity index (χ1n) is 6.12. The number of fused-ring (bicyclic) bond motifs is 1. The van der Waals surface area contributed by atoms with Crippen molar-refractivity contribution in [3.05, 3.63) is 28.6 Å². The summed E-state index contributed by atoms with van der Waals surface area (Å²) < 4.78 is 0. The number of H-pyrrole nitrogens is 1. The predicted octanol–water partition coefficient (Wildman–Crippen LogP) is 1.92. The Morgan fingerprint density at radius 1 is 1.53 bits per heavy atom. The Labute approximate surface area is 116 Å². The average Bonchev–Trinajstić information content (AvgIpc) is 2.38. The van der Waals surface area contributed by atoms with Gasteiger partial charge in [0.1, 0.15) is 0 Å². The van der Waals surface area contributed by atoms with Crippen LogP contribution in [-0.4, -0.2) is 28.5 Å². The van der Waals surface area contributed by atoms with E-state index < -0.39 is 0 Å². The number of hydrogen-bond donors (Lipinski definition) is 3. The molecule has 0 amide bonds. The Morgan fingerprint density at radius 3 is 3.05 bits per heavy atom. The maximum atomic E-state index is 11.9. The highest BCUT2D eigenvalue weighted by atomic mass is 32.2. The largest absolute Gasteiger partial charge is 0.399 e. The molecular weight excluding hydrogens is 260 g/mol. The van der Waals surface area contributed by atoms with Crippen molar-refractivity contribution < 1.29 is 0 Å². The van der Waals surface area contributed by atoms with E-state index in [4.69, 9.17) is 5.73 Å². The normalized spacial score (nSPS) is 12.5. The Hall–Kier alpha value is -1.69. The van der Waals surface area contributed by atoms with E-state index in [2.05, 4.69) is 28.5 Å². The monoisotopic (exact) mass is 278 g/mol. The minimum atomic E-state index is -0.169. The molecule has 19 heavy (non-hydrogen) atoms. The van der Waals surface area contributed by atoms with Gasteiger partial charge in [0.2, 0.25) is 5.95 Å². The first-order chi connectivity index (χ1) is 9.10. The lowest BCUT2D eigenvalue weighted by Gasteiger charge is -2.11. The van der Waals surface area contributed by atoms with Crippen LogP contribution in [0, 0.1) is 5.92 Å². The molecule has 1 atom stereocenters. The second kappa shape index (κ2) is 5.97. The molecule has 0 aliphatic carbocycles. The smallest absolute Gasteiger partial charge is 0.260 e. The molecule has 1 aromatic heterocycles. The lowest BCUT2D eigenvalue weighted by atomic mass is 10.2. The third-order valence-corrected chi connectivity index (χ3v) is 3.70. The number of anilines is 2. The highest BCUT2D eigenvalue weighted by Gasteiger charge is 2.06. The molecule has 0 bridgehead atoms. The molecule has 0 aliphatic heterocycles. The van der Waals surface area contributed by atoms with Gasteiger partial charge in [-0.25, -0.2) is 4.98 Å². The average molecular weight is 278 g/mol. The van der Waals surface area contributed by atoms with Gasteiger partial charge >= 0.3 is 0 Å². The molecule has 1 unspecified atom stereocenters. The fourth-order valence-corrected chi connectivity index (χ4v) is 2.54. The number of nitrogens with one attached hydrogen (secondary N) is 2. The lowest BCUT2D eigenvalue weighted by molar-refractivity contribution is 0.697. The second-order valence-corrected chi connectivity index (χ2v) is 5.54. The molecule has 1 heterocycles. The number of aromatic nitrogens is 2. The molecular formula is C13H18N4OS. The highest BCUT2D eigenvalue weighted by Crippen LogP contribution is 2.13. The summed E-state index contributed by atoms with van der Waals surface area (Å²) in [6.45, 7) is 2.94. The van der Waals surface area contributed by atoms with E-state index in [1.165, 1.54) is 0 Å². The van der Waals surface area contributed by atoms with Crippen LogP contribution in [0.25, 0.3) is 10.9 Å². The highest BCUT2D eigenvalue weighted by molar-refractivity contribution is 7.98. The number of thioether (sulfide) groups is 1. The quantitative estimate of drug-likeness (QED) is 0.728. The van der Waals surface area contributed by atoms with Crippen molar-refractivity contribution in [3.8, 4) is 0 Å². The second-order valence-electron chi connectivity index (χ2n) is 4.63. The van der Waals surface area contributed by atoms with Crippen LogP contribution >= 0.6 is 11.8 Å². The molecule has 0 spiro atoms. The van der Waals surface area contributed by atoms with E-state index in [1.54, 1.807) is 30.0 Å². The van der Waals surface area contributed by atoms with E-state index in [-0.39, 0.29) is 5.56 Å². The lowest BCUT2D eigenvalue weighted by Crippen LogP contribution is -2.18. The zero-order valence-corrected chi connectivity index (χ0v) is 11.9. The first-order valence-corrected chi connectivity index (χ1v) is 7.52. The van der Waals surface area contributed by atoms with E-state index in [0.29, 0.717) is 28.5 Å². The number of nitrogens with zero attached hydrogens (tertiary/aromatic N) is 1.